The van der Waals surface area contributed by atoms with Crippen molar-refractivity contribution >= 4 is 23.2 Å². The lowest BCUT2D eigenvalue weighted by atomic mass is 9.93. The molecule has 1 atom stereocenters. The molecule has 1 nitrogen and oxygen atoms in total. The van der Waals surface area contributed by atoms with Crippen LogP contribution >= 0.6 is 23.2 Å². The molecule has 0 aliphatic carbocycles. The van der Waals surface area contributed by atoms with Gasteiger partial charge in [-0.05, 0) is 61.7 Å². The van der Waals surface area contributed by atoms with E-state index in [1.807, 2.05) is 12.1 Å². The second kappa shape index (κ2) is 7.31. The number of benzene rings is 2. The van der Waals surface area contributed by atoms with E-state index in [1.54, 1.807) is 6.07 Å². The molecule has 0 spiro atoms. The highest BCUT2D eigenvalue weighted by atomic mass is 35.5. The first-order valence-corrected chi connectivity index (χ1v) is 8.03. The molecule has 112 valence electrons. The molecule has 0 fully saturated rings. The Labute approximate surface area is 137 Å². The summed E-state index contributed by atoms with van der Waals surface area (Å²) in [5, 5.41) is 4.95. The van der Waals surface area contributed by atoms with Crippen LogP contribution in [0.5, 0.6) is 0 Å². The third-order valence-electron chi connectivity index (χ3n) is 3.56. The number of rotatable bonds is 5. The van der Waals surface area contributed by atoms with E-state index in [4.69, 9.17) is 23.2 Å². The zero-order chi connectivity index (χ0) is 15.4. The molecule has 0 bridgehead atoms. The third kappa shape index (κ3) is 4.23. The van der Waals surface area contributed by atoms with Crippen LogP contribution < -0.4 is 5.32 Å². The molecule has 0 aliphatic heterocycles. The van der Waals surface area contributed by atoms with Crippen LogP contribution in [0.1, 0.15) is 41.6 Å². The zero-order valence-corrected chi connectivity index (χ0v) is 14.2. The number of nitrogens with one attached hydrogen (secondary N) is 1. The molecule has 0 heterocycles. The van der Waals surface area contributed by atoms with Crippen molar-refractivity contribution in [3.63, 3.8) is 0 Å². The fraction of sp³-hybridized carbons (Fsp3) is 0.333. The maximum atomic E-state index is 6.17. The standard InChI is InChI=1S/C18H21Cl2N/c1-4-7-21-18(14-9-15(19)11-16(20)10-14)17-8-12(2)5-6-13(17)3/h5-6,8-11,18,21H,4,7H2,1-3H3. The lowest BCUT2D eigenvalue weighted by Crippen LogP contribution is -2.24. The van der Waals surface area contributed by atoms with Gasteiger partial charge in [-0.15, -0.1) is 0 Å². The van der Waals surface area contributed by atoms with Crippen LogP contribution in [-0.2, 0) is 0 Å². The van der Waals surface area contributed by atoms with Gasteiger partial charge in [-0.3, -0.25) is 0 Å². The minimum absolute atomic E-state index is 0.112. The number of hydrogen-bond donors (Lipinski definition) is 1. The number of halogens is 2. The van der Waals surface area contributed by atoms with E-state index in [1.165, 1.54) is 16.7 Å². The van der Waals surface area contributed by atoms with Crippen molar-refractivity contribution in [2.45, 2.75) is 33.2 Å². The average Bonchev–Trinajstić information content (AvgIpc) is 2.42. The summed E-state index contributed by atoms with van der Waals surface area (Å²) >= 11 is 12.3. The van der Waals surface area contributed by atoms with Gasteiger partial charge in [0.2, 0.25) is 0 Å². The van der Waals surface area contributed by atoms with Crippen LogP contribution in [0.4, 0.5) is 0 Å². The van der Waals surface area contributed by atoms with Gasteiger partial charge in [-0.1, -0.05) is 53.9 Å². The zero-order valence-electron chi connectivity index (χ0n) is 12.7. The topological polar surface area (TPSA) is 12.0 Å². The Hall–Kier alpha value is -1.02. The van der Waals surface area contributed by atoms with Crippen LogP contribution in [0, 0.1) is 13.8 Å². The summed E-state index contributed by atoms with van der Waals surface area (Å²) in [6.07, 6.45) is 1.08. The van der Waals surface area contributed by atoms with Gasteiger partial charge in [0, 0.05) is 10.0 Å². The highest BCUT2D eigenvalue weighted by molar-refractivity contribution is 6.34. The quantitative estimate of drug-likeness (QED) is 0.744. The van der Waals surface area contributed by atoms with Crippen LogP contribution in [0.3, 0.4) is 0 Å². The lowest BCUT2D eigenvalue weighted by Gasteiger charge is -2.22. The summed E-state index contributed by atoms with van der Waals surface area (Å²) in [5.41, 5.74) is 4.91. The van der Waals surface area contributed by atoms with Crippen LogP contribution in [0.15, 0.2) is 36.4 Å². The maximum absolute atomic E-state index is 6.17. The first kappa shape index (κ1) is 16.4. The van der Waals surface area contributed by atoms with Crippen LogP contribution in [0.2, 0.25) is 10.0 Å². The average molecular weight is 322 g/mol. The van der Waals surface area contributed by atoms with E-state index in [2.05, 4.69) is 44.3 Å². The molecule has 0 saturated carbocycles. The smallest absolute Gasteiger partial charge is 0.0580 e. The molecule has 2 aromatic carbocycles. The summed E-state index contributed by atoms with van der Waals surface area (Å²) in [6, 6.07) is 12.4. The first-order valence-electron chi connectivity index (χ1n) is 7.27. The van der Waals surface area contributed by atoms with Gasteiger partial charge in [-0.2, -0.15) is 0 Å². The predicted molar refractivity (Wildman–Crippen MR) is 92.5 cm³/mol. The monoisotopic (exact) mass is 321 g/mol. The molecule has 0 saturated heterocycles. The van der Waals surface area contributed by atoms with Crippen molar-refractivity contribution in [1.82, 2.24) is 5.32 Å². The van der Waals surface area contributed by atoms with Crippen molar-refractivity contribution in [3.05, 3.63) is 68.7 Å². The van der Waals surface area contributed by atoms with Gasteiger partial charge in [0.15, 0.2) is 0 Å². The Morgan fingerprint density at radius 2 is 1.67 bits per heavy atom. The van der Waals surface area contributed by atoms with Crippen molar-refractivity contribution in [3.8, 4) is 0 Å². The molecule has 1 N–H and O–H groups in total. The van der Waals surface area contributed by atoms with Gasteiger partial charge in [0.1, 0.15) is 0 Å². The van der Waals surface area contributed by atoms with E-state index in [-0.39, 0.29) is 6.04 Å². The Morgan fingerprint density at radius 3 is 2.29 bits per heavy atom. The van der Waals surface area contributed by atoms with Gasteiger partial charge >= 0.3 is 0 Å². The maximum Gasteiger partial charge on any atom is 0.0580 e. The van der Waals surface area contributed by atoms with E-state index in [0.29, 0.717) is 10.0 Å². The Balaban J connectivity index is 2.49. The van der Waals surface area contributed by atoms with E-state index in [0.717, 1.165) is 18.5 Å². The van der Waals surface area contributed by atoms with Crippen molar-refractivity contribution in [1.29, 1.82) is 0 Å². The normalized spacial score (nSPS) is 12.4. The van der Waals surface area contributed by atoms with Gasteiger partial charge in [0.05, 0.1) is 6.04 Å². The number of aryl methyl sites for hydroxylation is 2. The van der Waals surface area contributed by atoms with Gasteiger partial charge in [0.25, 0.3) is 0 Å². The molecule has 2 aromatic rings. The Morgan fingerprint density at radius 1 is 1.00 bits per heavy atom. The molecule has 0 aromatic heterocycles. The van der Waals surface area contributed by atoms with E-state index < -0.39 is 0 Å². The highest BCUT2D eigenvalue weighted by Gasteiger charge is 2.16. The summed E-state index contributed by atoms with van der Waals surface area (Å²) in [4.78, 5) is 0. The molecule has 0 aliphatic rings. The van der Waals surface area contributed by atoms with Crippen LogP contribution in [0.25, 0.3) is 0 Å². The minimum Gasteiger partial charge on any atom is -0.306 e. The minimum atomic E-state index is 0.112. The van der Waals surface area contributed by atoms with Crippen LogP contribution in [-0.4, -0.2) is 6.54 Å². The molecule has 1 unspecified atom stereocenters. The third-order valence-corrected chi connectivity index (χ3v) is 4.00. The molecular formula is C18H21Cl2N. The fourth-order valence-electron chi connectivity index (χ4n) is 2.51. The Kier molecular flexibility index (Phi) is 5.69. The molecule has 3 heteroatoms. The van der Waals surface area contributed by atoms with Gasteiger partial charge < -0.3 is 5.32 Å². The predicted octanol–water partition coefficient (Wildman–Crippen LogP) is 5.70. The summed E-state index contributed by atoms with van der Waals surface area (Å²) in [7, 11) is 0. The SMILES string of the molecule is CCCNC(c1cc(Cl)cc(Cl)c1)c1cc(C)ccc1C. The largest absolute Gasteiger partial charge is 0.306 e. The van der Waals surface area contributed by atoms with Crippen molar-refractivity contribution < 1.29 is 0 Å². The lowest BCUT2D eigenvalue weighted by molar-refractivity contribution is 0.596. The van der Waals surface area contributed by atoms with Gasteiger partial charge in [-0.25, -0.2) is 0 Å². The van der Waals surface area contributed by atoms with E-state index in [9.17, 15) is 0 Å². The Bertz CT molecular complexity index is 602. The molecule has 21 heavy (non-hydrogen) atoms. The molecule has 0 amide bonds. The second-order valence-corrected chi connectivity index (χ2v) is 6.32. The molecular weight excluding hydrogens is 301 g/mol. The summed E-state index contributed by atoms with van der Waals surface area (Å²) in [6.45, 7) is 7.37. The van der Waals surface area contributed by atoms with Crippen molar-refractivity contribution in [2.24, 2.45) is 0 Å². The van der Waals surface area contributed by atoms with E-state index >= 15 is 0 Å². The number of hydrogen-bond acceptors (Lipinski definition) is 1. The highest BCUT2D eigenvalue weighted by Crippen LogP contribution is 2.30. The molecule has 0 radical (unpaired) electrons. The second-order valence-electron chi connectivity index (χ2n) is 5.45. The fourth-order valence-corrected chi connectivity index (χ4v) is 3.05. The first-order chi connectivity index (χ1) is 10.0. The van der Waals surface area contributed by atoms with Crippen molar-refractivity contribution in [2.75, 3.05) is 6.54 Å². The summed E-state index contributed by atoms with van der Waals surface area (Å²) < 4.78 is 0. The summed E-state index contributed by atoms with van der Waals surface area (Å²) in [5.74, 6) is 0. The molecule has 2 rings (SSSR count).